The van der Waals surface area contributed by atoms with Crippen LogP contribution in [0.25, 0.3) is 17.0 Å². The number of fused-ring (bicyclic) bond motifs is 2. The number of hydrazone groups is 1. The molecule has 0 bridgehead atoms. The number of aromatic nitrogens is 1. The maximum absolute atomic E-state index is 13.6. The summed E-state index contributed by atoms with van der Waals surface area (Å²) in [6, 6.07) is 29.1. The van der Waals surface area contributed by atoms with E-state index in [9.17, 15) is 9.59 Å². The number of para-hydroxylation sites is 1. The average Bonchev–Trinajstić information content (AvgIpc) is 3.37. The van der Waals surface area contributed by atoms with Crippen LogP contribution >= 0.6 is 0 Å². The number of nitrogens with zero attached hydrogens (tertiary/aromatic N) is 3. The minimum Gasteiger partial charge on any atom is -0.452 e. The molecule has 39 heavy (non-hydrogen) atoms. The highest BCUT2D eigenvalue weighted by molar-refractivity contribution is 6.08. The summed E-state index contributed by atoms with van der Waals surface area (Å²) < 4.78 is 5.58. The quantitative estimate of drug-likeness (QED) is 0.284. The third-order valence-electron chi connectivity index (χ3n) is 7.43. The van der Waals surface area contributed by atoms with E-state index in [4.69, 9.17) is 9.84 Å². The molecule has 3 aromatic carbocycles. The Hall–Kier alpha value is -4.58. The van der Waals surface area contributed by atoms with Crippen molar-refractivity contribution in [2.45, 2.75) is 32.2 Å². The zero-order valence-corrected chi connectivity index (χ0v) is 21.8. The van der Waals surface area contributed by atoms with Crippen molar-refractivity contribution in [3.05, 3.63) is 119 Å². The molecule has 6 heteroatoms. The van der Waals surface area contributed by atoms with Gasteiger partial charge in [-0.25, -0.2) is 9.80 Å². The number of benzene rings is 3. The van der Waals surface area contributed by atoms with E-state index in [1.807, 2.05) is 79.7 Å². The lowest BCUT2D eigenvalue weighted by atomic mass is 9.77. The monoisotopic (exact) mass is 515 g/mol. The first kappa shape index (κ1) is 24.7. The molecule has 1 fully saturated rings. The molecule has 1 aliphatic carbocycles. The molecule has 1 saturated carbocycles. The Morgan fingerprint density at radius 2 is 1.69 bits per heavy atom. The van der Waals surface area contributed by atoms with Gasteiger partial charge in [0, 0.05) is 17.0 Å². The smallest absolute Gasteiger partial charge is 0.339 e. The van der Waals surface area contributed by atoms with Gasteiger partial charge in [0.15, 0.2) is 6.61 Å². The number of carbonyl (C=O) groups excluding carboxylic acids is 2. The fourth-order valence-electron chi connectivity index (χ4n) is 5.69. The number of allylic oxidation sites excluding steroid dienone is 1. The number of aryl methyl sites for hydroxylation is 1. The predicted molar refractivity (Wildman–Crippen MR) is 152 cm³/mol. The van der Waals surface area contributed by atoms with Crippen LogP contribution in [0.3, 0.4) is 0 Å². The second kappa shape index (κ2) is 10.7. The van der Waals surface area contributed by atoms with Crippen molar-refractivity contribution in [1.29, 1.82) is 0 Å². The highest BCUT2D eigenvalue weighted by Crippen LogP contribution is 2.44. The minimum absolute atomic E-state index is 0.0857. The molecule has 1 aliphatic heterocycles. The van der Waals surface area contributed by atoms with Gasteiger partial charge in [-0.2, -0.15) is 5.10 Å². The summed E-state index contributed by atoms with van der Waals surface area (Å²) in [6.45, 7) is 1.44. The van der Waals surface area contributed by atoms with Gasteiger partial charge in [-0.1, -0.05) is 78.9 Å². The standard InChI is InChI=1S/C33H29N3O3/c1-22-19-28(26-16-8-9-18-29(26)34-22)33(38)39-21-30(37)36-32(24-13-6-3-7-14-24)27-17-10-15-25(31(27)35-36)20-23-11-4-2-5-12-23/h2-9,11-14,16,18-20,27,32H,10,15,17,21H2,1H3/b25-20-. The Kier molecular flexibility index (Phi) is 6.76. The zero-order valence-electron chi connectivity index (χ0n) is 21.8. The molecular weight excluding hydrogens is 486 g/mol. The molecule has 2 atom stereocenters. The van der Waals surface area contributed by atoms with Gasteiger partial charge in [0.1, 0.15) is 0 Å². The molecule has 6 nitrogen and oxygen atoms in total. The highest BCUT2D eigenvalue weighted by Gasteiger charge is 2.43. The number of pyridine rings is 1. The number of carbonyl (C=O) groups is 2. The van der Waals surface area contributed by atoms with Crippen LogP contribution in [0.15, 0.2) is 102 Å². The molecule has 0 spiro atoms. The van der Waals surface area contributed by atoms with Crippen molar-refractivity contribution >= 4 is 34.6 Å². The number of hydrogen-bond donors (Lipinski definition) is 0. The molecule has 1 aromatic heterocycles. The lowest BCUT2D eigenvalue weighted by Gasteiger charge is -2.29. The van der Waals surface area contributed by atoms with Crippen LogP contribution in [-0.4, -0.2) is 34.2 Å². The Balaban J connectivity index is 1.29. The van der Waals surface area contributed by atoms with Crippen LogP contribution < -0.4 is 0 Å². The maximum atomic E-state index is 13.6. The van der Waals surface area contributed by atoms with E-state index >= 15 is 0 Å². The Labute approximate surface area is 227 Å². The largest absolute Gasteiger partial charge is 0.452 e. The SMILES string of the molecule is Cc1cc(C(=O)OCC(=O)N2N=C3/C(=C\c4ccccc4)CCCC3C2c2ccccc2)c2ccccc2n1. The molecule has 2 heterocycles. The third-order valence-corrected chi connectivity index (χ3v) is 7.43. The summed E-state index contributed by atoms with van der Waals surface area (Å²) in [4.78, 5) is 31.2. The first-order chi connectivity index (χ1) is 19.1. The molecule has 6 rings (SSSR count). The number of ether oxygens (including phenoxy) is 1. The molecule has 4 aromatic rings. The van der Waals surface area contributed by atoms with E-state index < -0.39 is 5.97 Å². The Bertz CT molecular complexity index is 1590. The number of rotatable bonds is 5. The third kappa shape index (κ3) is 4.98. The second-order valence-corrected chi connectivity index (χ2v) is 10.1. The Morgan fingerprint density at radius 1 is 0.974 bits per heavy atom. The van der Waals surface area contributed by atoms with Gasteiger partial charge in [0.2, 0.25) is 0 Å². The van der Waals surface area contributed by atoms with E-state index in [1.54, 1.807) is 11.1 Å². The predicted octanol–water partition coefficient (Wildman–Crippen LogP) is 6.52. The lowest BCUT2D eigenvalue weighted by molar-refractivity contribution is -0.137. The number of esters is 1. The van der Waals surface area contributed by atoms with Crippen LogP contribution in [-0.2, 0) is 9.53 Å². The number of hydrogen-bond acceptors (Lipinski definition) is 5. The second-order valence-electron chi connectivity index (χ2n) is 10.1. The van der Waals surface area contributed by atoms with E-state index in [0.717, 1.165) is 41.7 Å². The molecule has 0 saturated heterocycles. The molecule has 0 radical (unpaired) electrons. The molecule has 2 unspecified atom stereocenters. The van der Waals surface area contributed by atoms with Crippen molar-refractivity contribution in [1.82, 2.24) is 9.99 Å². The summed E-state index contributed by atoms with van der Waals surface area (Å²) in [6.07, 6.45) is 5.06. The zero-order chi connectivity index (χ0) is 26.8. The van der Waals surface area contributed by atoms with Crippen molar-refractivity contribution in [2.75, 3.05) is 6.61 Å². The molecule has 2 aliphatic rings. The average molecular weight is 516 g/mol. The topological polar surface area (TPSA) is 71.9 Å². The highest BCUT2D eigenvalue weighted by atomic mass is 16.5. The van der Waals surface area contributed by atoms with E-state index in [1.165, 1.54) is 0 Å². The normalized spacial score (nSPS) is 19.6. The Morgan fingerprint density at radius 3 is 2.49 bits per heavy atom. The van der Waals surface area contributed by atoms with Crippen LogP contribution in [0.2, 0.25) is 0 Å². The fourth-order valence-corrected chi connectivity index (χ4v) is 5.69. The van der Waals surface area contributed by atoms with E-state index in [0.29, 0.717) is 22.2 Å². The van der Waals surface area contributed by atoms with Gasteiger partial charge in [0.25, 0.3) is 5.91 Å². The molecule has 1 amide bonds. The van der Waals surface area contributed by atoms with Crippen LogP contribution in [0, 0.1) is 12.8 Å². The minimum atomic E-state index is -0.546. The number of amides is 1. The fraction of sp³-hybridized carbons (Fsp3) is 0.212. The van der Waals surface area contributed by atoms with Gasteiger partial charge in [-0.3, -0.25) is 9.78 Å². The summed E-state index contributed by atoms with van der Waals surface area (Å²) in [5.41, 5.74) is 6.08. The summed E-state index contributed by atoms with van der Waals surface area (Å²) in [5.74, 6) is -0.800. The van der Waals surface area contributed by atoms with Crippen molar-refractivity contribution < 1.29 is 14.3 Å². The lowest BCUT2D eigenvalue weighted by Crippen LogP contribution is -2.34. The first-order valence-electron chi connectivity index (χ1n) is 13.3. The first-order valence-corrected chi connectivity index (χ1v) is 13.3. The summed E-state index contributed by atoms with van der Waals surface area (Å²) >= 11 is 0. The van der Waals surface area contributed by atoms with Crippen molar-refractivity contribution in [3.63, 3.8) is 0 Å². The van der Waals surface area contributed by atoms with Crippen LogP contribution in [0.4, 0.5) is 0 Å². The van der Waals surface area contributed by atoms with Gasteiger partial charge < -0.3 is 4.74 Å². The van der Waals surface area contributed by atoms with Gasteiger partial charge >= 0.3 is 5.97 Å². The summed E-state index contributed by atoms with van der Waals surface area (Å²) in [7, 11) is 0. The van der Waals surface area contributed by atoms with E-state index in [-0.39, 0.29) is 24.5 Å². The van der Waals surface area contributed by atoms with Crippen molar-refractivity contribution in [3.8, 4) is 0 Å². The van der Waals surface area contributed by atoms with Crippen LogP contribution in [0.1, 0.15) is 52.5 Å². The van der Waals surface area contributed by atoms with Gasteiger partial charge in [0.05, 0.1) is 22.8 Å². The van der Waals surface area contributed by atoms with Crippen LogP contribution in [0.5, 0.6) is 0 Å². The molecular formula is C33H29N3O3. The van der Waals surface area contributed by atoms with Crippen molar-refractivity contribution in [2.24, 2.45) is 11.0 Å². The molecule has 194 valence electrons. The van der Waals surface area contributed by atoms with Gasteiger partial charge in [-0.15, -0.1) is 0 Å². The van der Waals surface area contributed by atoms with E-state index in [2.05, 4.69) is 23.2 Å². The summed E-state index contributed by atoms with van der Waals surface area (Å²) in [5, 5.41) is 7.14. The van der Waals surface area contributed by atoms with Gasteiger partial charge in [-0.05, 0) is 61.1 Å². The maximum Gasteiger partial charge on any atom is 0.339 e. The molecule has 0 N–H and O–H groups in total.